The van der Waals surface area contributed by atoms with Crippen LogP contribution in [0.4, 0.5) is 0 Å². The number of aromatic nitrogens is 4. The molecule has 0 saturated carbocycles. The van der Waals surface area contributed by atoms with Crippen molar-refractivity contribution in [1.82, 2.24) is 19.9 Å². The Morgan fingerprint density at radius 1 is 1.29 bits per heavy atom. The predicted octanol–water partition coefficient (Wildman–Crippen LogP) is 1.91. The minimum atomic E-state index is 0.141. The summed E-state index contributed by atoms with van der Waals surface area (Å²) in [7, 11) is 0. The monoisotopic (exact) mass is 250 g/mol. The fourth-order valence-corrected chi connectivity index (χ4v) is 1.50. The Hall–Kier alpha value is -1.75. The van der Waals surface area contributed by atoms with E-state index in [-0.39, 0.29) is 11.3 Å². The van der Waals surface area contributed by atoms with Gasteiger partial charge < -0.3 is 4.74 Å². The summed E-state index contributed by atoms with van der Waals surface area (Å²) >= 11 is 5.79. The van der Waals surface area contributed by atoms with Crippen LogP contribution in [0.25, 0.3) is 0 Å². The molecular weight excluding hydrogens is 240 g/mol. The van der Waals surface area contributed by atoms with Crippen LogP contribution in [0.3, 0.4) is 0 Å². The summed E-state index contributed by atoms with van der Waals surface area (Å²) in [4.78, 5) is 16.1. The molecule has 0 bridgehead atoms. The molecule has 0 aliphatic rings. The van der Waals surface area contributed by atoms with Crippen molar-refractivity contribution in [1.29, 1.82) is 0 Å². The second-order valence-corrected chi connectivity index (χ2v) is 3.61. The number of hydrogen-bond acceptors (Lipinski definition) is 5. The Balaban J connectivity index is 2.21. The topological polar surface area (TPSA) is 60.8 Å². The number of nitrogens with zero attached hydrogens (tertiary/aromatic N) is 4. The molecule has 0 atom stereocenters. The second-order valence-electron chi connectivity index (χ2n) is 3.27. The van der Waals surface area contributed by atoms with Crippen molar-refractivity contribution in [2.45, 2.75) is 13.3 Å². The van der Waals surface area contributed by atoms with Crippen molar-refractivity contribution >= 4 is 11.6 Å². The Labute approximate surface area is 104 Å². The second kappa shape index (κ2) is 5.54. The van der Waals surface area contributed by atoms with E-state index in [4.69, 9.17) is 16.3 Å². The van der Waals surface area contributed by atoms with Gasteiger partial charge in [0.25, 0.3) is 0 Å². The molecule has 0 unspecified atom stereocenters. The molecule has 17 heavy (non-hydrogen) atoms. The number of halogens is 1. The lowest BCUT2D eigenvalue weighted by atomic mass is 10.2. The van der Waals surface area contributed by atoms with Gasteiger partial charge in [-0.05, 0) is 30.2 Å². The van der Waals surface area contributed by atoms with Crippen molar-refractivity contribution < 1.29 is 4.74 Å². The van der Waals surface area contributed by atoms with Gasteiger partial charge >= 0.3 is 6.01 Å². The number of pyridine rings is 1. The fourth-order valence-electron chi connectivity index (χ4n) is 1.33. The number of ether oxygens (including phenoxy) is 1. The molecule has 0 aromatic carbocycles. The van der Waals surface area contributed by atoms with Crippen molar-refractivity contribution in [3.63, 3.8) is 0 Å². The minimum absolute atomic E-state index is 0.141. The molecule has 0 spiro atoms. The fraction of sp³-hybridized carbons (Fsp3) is 0.273. The van der Waals surface area contributed by atoms with Crippen LogP contribution >= 0.6 is 11.6 Å². The Bertz CT molecular complexity index is 492. The van der Waals surface area contributed by atoms with Crippen LogP contribution < -0.4 is 4.74 Å². The average Bonchev–Trinajstić information content (AvgIpc) is 2.30. The smallest absolute Gasteiger partial charge is 0.320 e. The van der Waals surface area contributed by atoms with Gasteiger partial charge in [-0.25, -0.2) is 4.98 Å². The highest BCUT2D eigenvalue weighted by Gasteiger charge is 2.06. The Kier molecular flexibility index (Phi) is 3.82. The van der Waals surface area contributed by atoms with Crippen molar-refractivity contribution in [2.75, 3.05) is 6.61 Å². The van der Waals surface area contributed by atoms with E-state index in [0.717, 1.165) is 5.56 Å². The van der Waals surface area contributed by atoms with Crippen LogP contribution in [0.2, 0.25) is 5.28 Å². The molecule has 0 fully saturated rings. The maximum absolute atomic E-state index is 5.79. The van der Waals surface area contributed by atoms with E-state index in [0.29, 0.717) is 18.9 Å². The van der Waals surface area contributed by atoms with Crippen LogP contribution in [0.5, 0.6) is 6.01 Å². The van der Waals surface area contributed by atoms with Gasteiger partial charge in [0.15, 0.2) is 0 Å². The van der Waals surface area contributed by atoms with E-state index < -0.39 is 0 Å². The van der Waals surface area contributed by atoms with Gasteiger partial charge in [-0.15, -0.1) is 0 Å². The van der Waals surface area contributed by atoms with Crippen LogP contribution in [0.1, 0.15) is 18.3 Å². The quantitative estimate of drug-likeness (QED) is 0.830. The van der Waals surface area contributed by atoms with Crippen LogP contribution in [-0.2, 0) is 6.42 Å². The molecule has 5 nitrogen and oxygen atoms in total. The lowest BCUT2D eigenvalue weighted by molar-refractivity contribution is 0.310. The van der Waals surface area contributed by atoms with Gasteiger partial charge in [0, 0.05) is 18.8 Å². The van der Waals surface area contributed by atoms with Crippen molar-refractivity contribution in [3.8, 4) is 6.01 Å². The lowest BCUT2D eigenvalue weighted by Gasteiger charge is -2.04. The third kappa shape index (κ3) is 3.35. The zero-order valence-corrected chi connectivity index (χ0v) is 10.1. The first-order chi connectivity index (χ1) is 8.28. The number of rotatable bonds is 4. The first kappa shape index (κ1) is 11.7. The first-order valence-electron chi connectivity index (χ1n) is 5.20. The SMILES string of the molecule is CCOc1nc(Cl)nc(Cc2cccnc2)n1. The van der Waals surface area contributed by atoms with Gasteiger partial charge in [-0.1, -0.05) is 6.07 Å². The van der Waals surface area contributed by atoms with Crippen molar-refractivity contribution in [2.24, 2.45) is 0 Å². The Morgan fingerprint density at radius 3 is 2.88 bits per heavy atom. The number of hydrogen-bond donors (Lipinski definition) is 0. The highest BCUT2D eigenvalue weighted by atomic mass is 35.5. The molecule has 6 heteroatoms. The molecule has 2 aromatic heterocycles. The van der Waals surface area contributed by atoms with E-state index >= 15 is 0 Å². The highest BCUT2D eigenvalue weighted by molar-refractivity contribution is 6.28. The third-order valence-electron chi connectivity index (χ3n) is 1.99. The van der Waals surface area contributed by atoms with Crippen LogP contribution in [0.15, 0.2) is 24.5 Å². The van der Waals surface area contributed by atoms with Crippen LogP contribution in [-0.4, -0.2) is 26.5 Å². The summed E-state index contributed by atoms with van der Waals surface area (Å²) in [6.07, 6.45) is 4.03. The molecule has 2 heterocycles. The zero-order chi connectivity index (χ0) is 12.1. The van der Waals surface area contributed by atoms with Gasteiger partial charge in [0.1, 0.15) is 5.82 Å². The van der Waals surface area contributed by atoms with Crippen molar-refractivity contribution in [3.05, 3.63) is 41.2 Å². The largest absolute Gasteiger partial charge is 0.464 e. The molecular formula is C11H11ClN4O. The lowest BCUT2D eigenvalue weighted by Crippen LogP contribution is -2.04. The molecule has 0 amide bonds. The van der Waals surface area contributed by atoms with Crippen LogP contribution in [0, 0.1) is 0 Å². The molecule has 0 N–H and O–H groups in total. The normalized spacial score (nSPS) is 10.2. The van der Waals surface area contributed by atoms with E-state index in [1.54, 1.807) is 12.4 Å². The summed E-state index contributed by atoms with van der Waals surface area (Å²) in [5, 5.41) is 0.141. The minimum Gasteiger partial charge on any atom is -0.464 e. The van der Waals surface area contributed by atoms with E-state index in [1.807, 2.05) is 19.1 Å². The molecule has 0 aliphatic carbocycles. The third-order valence-corrected chi connectivity index (χ3v) is 2.16. The summed E-state index contributed by atoms with van der Waals surface area (Å²) in [5.74, 6) is 0.571. The summed E-state index contributed by atoms with van der Waals surface area (Å²) < 4.78 is 5.20. The molecule has 2 rings (SSSR count). The van der Waals surface area contributed by atoms with E-state index in [1.165, 1.54) is 0 Å². The summed E-state index contributed by atoms with van der Waals surface area (Å²) in [6.45, 7) is 2.35. The predicted molar refractivity (Wildman–Crippen MR) is 63.0 cm³/mol. The molecule has 0 saturated heterocycles. The summed E-state index contributed by atoms with van der Waals surface area (Å²) in [5.41, 5.74) is 1.01. The van der Waals surface area contributed by atoms with E-state index in [2.05, 4.69) is 19.9 Å². The molecule has 2 aromatic rings. The Morgan fingerprint density at radius 2 is 2.18 bits per heavy atom. The van der Waals surface area contributed by atoms with Gasteiger partial charge in [0.2, 0.25) is 5.28 Å². The standard InChI is InChI=1S/C11H11ClN4O/c1-2-17-11-15-9(14-10(12)16-11)6-8-4-3-5-13-7-8/h3-5,7H,2,6H2,1H3. The maximum Gasteiger partial charge on any atom is 0.320 e. The molecule has 0 aliphatic heterocycles. The van der Waals surface area contributed by atoms with Gasteiger partial charge in [-0.2, -0.15) is 9.97 Å². The molecule has 88 valence electrons. The zero-order valence-electron chi connectivity index (χ0n) is 9.30. The highest BCUT2D eigenvalue weighted by Crippen LogP contribution is 2.11. The van der Waals surface area contributed by atoms with Gasteiger partial charge in [-0.3, -0.25) is 4.98 Å². The average molecular weight is 251 g/mol. The van der Waals surface area contributed by atoms with Gasteiger partial charge in [0.05, 0.1) is 6.61 Å². The first-order valence-corrected chi connectivity index (χ1v) is 5.58. The van der Waals surface area contributed by atoms with E-state index in [9.17, 15) is 0 Å². The molecule has 0 radical (unpaired) electrons. The summed E-state index contributed by atoms with van der Waals surface area (Å²) in [6, 6.07) is 4.07. The maximum atomic E-state index is 5.79.